The Bertz CT molecular complexity index is 1130. The number of amides is 1. The van der Waals surface area contributed by atoms with E-state index in [2.05, 4.69) is 40.1 Å². The molecule has 4 rings (SSSR count). The predicted molar refractivity (Wildman–Crippen MR) is 126 cm³/mol. The third-order valence-corrected chi connectivity index (χ3v) is 6.45. The van der Waals surface area contributed by atoms with Gasteiger partial charge in [0.25, 0.3) is 0 Å². The van der Waals surface area contributed by atoms with Gasteiger partial charge in [0.15, 0.2) is 5.78 Å². The molecular formula is C25H26BrN3O2. The molecule has 0 bridgehead atoms. The van der Waals surface area contributed by atoms with E-state index in [0.717, 1.165) is 33.4 Å². The number of allylic oxidation sites excluding steroid dienone is 2. The summed E-state index contributed by atoms with van der Waals surface area (Å²) in [6.07, 6.45) is 2.86. The first-order valence-corrected chi connectivity index (χ1v) is 11.2. The smallest absolute Gasteiger partial charge is 0.235 e. The highest BCUT2D eigenvalue weighted by Crippen LogP contribution is 2.48. The van der Waals surface area contributed by atoms with Crippen molar-refractivity contribution in [1.82, 2.24) is 4.98 Å². The number of hydrogen-bond donors (Lipinski definition) is 1. The van der Waals surface area contributed by atoms with Crippen LogP contribution in [-0.2, 0) is 9.59 Å². The number of nitrogens with one attached hydrogen (secondary N) is 1. The number of aliphatic imine (C=N–C) groups is 1. The molecule has 1 amide bonds. The van der Waals surface area contributed by atoms with Gasteiger partial charge in [-0.15, -0.1) is 0 Å². The lowest BCUT2D eigenvalue weighted by molar-refractivity contribution is -0.119. The molecule has 0 saturated heterocycles. The summed E-state index contributed by atoms with van der Waals surface area (Å²) in [6.45, 7) is 8.02. The van der Waals surface area contributed by atoms with Crippen LogP contribution in [0.4, 0.5) is 5.82 Å². The number of nitrogens with zero attached hydrogens (tertiary/aromatic N) is 2. The van der Waals surface area contributed by atoms with Crippen LogP contribution < -0.4 is 5.32 Å². The Balaban J connectivity index is 1.80. The van der Waals surface area contributed by atoms with Gasteiger partial charge in [0, 0.05) is 40.0 Å². The van der Waals surface area contributed by atoms with Gasteiger partial charge in [-0.2, -0.15) is 0 Å². The molecule has 1 aromatic heterocycles. The summed E-state index contributed by atoms with van der Waals surface area (Å²) in [5, 5.41) is 2.95. The van der Waals surface area contributed by atoms with Crippen LogP contribution in [0.15, 0.2) is 63.3 Å². The van der Waals surface area contributed by atoms with Gasteiger partial charge in [0.05, 0.1) is 5.92 Å². The van der Waals surface area contributed by atoms with E-state index in [0.29, 0.717) is 17.8 Å². The fourth-order valence-electron chi connectivity index (χ4n) is 4.65. The zero-order chi connectivity index (χ0) is 22.3. The molecule has 1 aliphatic carbocycles. The minimum Gasteiger partial charge on any atom is -0.310 e. The maximum Gasteiger partial charge on any atom is 0.235 e. The molecule has 1 N–H and O–H groups in total. The lowest BCUT2D eigenvalue weighted by Gasteiger charge is -2.39. The highest BCUT2D eigenvalue weighted by Gasteiger charge is 2.45. The maximum absolute atomic E-state index is 13.5. The maximum atomic E-state index is 13.5. The van der Waals surface area contributed by atoms with Crippen LogP contribution in [0.5, 0.6) is 0 Å². The van der Waals surface area contributed by atoms with Crippen LogP contribution in [-0.4, -0.2) is 22.4 Å². The Hall–Kier alpha value is -2.60. The number of benzene rings is 1. The molecule has 2 aliphatic rings. The van der Waals surface area contributed by atoms with E-state index in [9.17, 15) is 9.59 Å². The van der Waals surface area contributed by atoms with E-state index < -0.39 is 5.92 Å². The number of carbonyl (C=O) groups is 2. The summed E-state index contributed by atoms with van der Waals surface area (Å²) < 4.78 is 0.912. The number of aromatic nitrogens is 1. The highest BCUT2D eigenvalue weighted by atomic mass is 79.9. The van der Waals surface area contributed by atoms with Gasteiger partial charge in [0.1, 0.15) is 5.82 Å². The Kier molecular flexibility index (Phi) is 5.69. The third-order valence-electron chi connectivity index (χ3n) is 5.96. The van der Waals surface area contributed by atoms with Gasteiger partial charge in [-0.1, -0.05) is 41.9 Å². The number of aryl methyl sites for hydroxylation is 1. The summed E-state index contributed by atoms with van der Waals surface area (Å²) in [6, 6.07) is 11.6. The van der Waals surface area contributed by atoms with Crippen molar-refractivity contribution in [2.45, 2.75) is 46.5 Å². The number of hydrogen-bond acceptors (Lipinski definition) is 4. The summed E-state index contributed by atoms with van der Waals surface area (Å²) >= 11 is 3.54. The Morgan fingerprint density at radius 2 is 1.94 bits per heavy atom. The quantitative estimate of drug-likeness (QED) is 0.621. The zero-order valence-electron chi connectivity index (χ0n) is 18.2. The zero-order valence-corrected chi connectivity index (χ0v) is 19.8. The Labute approximate surface area is 191 Å². The van der Waals surface area contributed by atoms with Crippen molar-refractivity contribution in [3.63, 3.8) is 0 Å². The molecule has 2 atom stereocenters. The molecule has 1 aromatic carbocycles. The number of halogens is 1. The van der Waals surface area contributed by atoms with Gasteiger partial charge < -0.3 is 5.32 Å². The molecular weight excluding hydrogens is 454 g/mol. The summed E-state index contributed by atoms with van der Waals surface area (Å²) in [5.74, 6) is -0.576. The average molecular weight is 480 g/mol. The van der Waals surface area contributed by atoms with Crippen molar-refractivity contribution < 1.29 is 9.59 Å². The highest BCUT2D eigenvalue weighted by molar-refractivity contribution is 9.10. The van der Waals surface area contributed by atoms with Gasteiger partial charge in [-0.05, 0) is 61.1 Å². The molecule has 0 spiro atoms. The molecule has 2 aromatic rings. The van der Waals surface area contributed by atoms with Crippen LogP contribution >= 0.6 is 15.9 Å². The van der Waals surface area contributed by atoms with E-state index in [-0.39, 0.29) is 23.0 Å². The monoisotopic (exact) mass is 479 g/mol. The van der Waals surface area contributed by atoms with Crippen molar-refractivity contribution >= 4 is 39.1 Å². The molecule has 1 unspecified atom stereocenters. The van der Waals surface area contributed by atoms with E-state index in [1.807, 2.05) is 50.2 Å². The first kappa shape index (κ1) is 21.6. The van der Waals surface area contributed by atoms with Crippen molar-refractivity contribution in [2.75, 3.05) is 5.32 Å². The van der Waals surface area contributed by atoms with Crippen LogP contribution in [0.25, 0.3) is 0 Å². The first-order chi connectivity index (χ1) is 14.6. The molecule has 0 radical (unpaired) electrons. The van der Waals surface area contributed by atoms with Gasteiger partial charge in [-0.25, -0.2) is 4.98 Å². The van der Waals surface area contributed by atoms with Crippen LogP contribution in [0, 0.1) is 18.3 Å². The second kappa shape index (κ2) is 8.15. The fraction of sp³-hybridized carbons (Fsp3) is 0.360. The minimum atomic E-state index is -0.583. The topological polar surface area (TPSA) is 71.4 Å². The molecule has 160 valence electrons. The minimum absolute atomic E-state index is 0.0824. The Morgan fingerprint density at radius 3 is 2.65 bits per heavy atom. The van der Waals surface area contributed by atoms with Crippen molar-refractivity contribution in [3.05, 3.63) is 69.5 Å². The van der Waals surface area contributed by atoms with Gasteiger partial charge >= 0.3 is 0 Å². The molecule has 6 heteroatoms. The Morgan fingerprint density at radius 1 is 1.16 bits per heavy atom. The standard InChI is InChI=1S/C25H26BrN3O2/c1-14-8-9-27-20(10-14)29-24(31)21-15(2)28-18-12-25(3,4)13-19(30)23(18)22(21)16-6-5-7-17(26)11-16/h5-11,21-22H,12-13H2,1-4H3,(H,27,29,31)/t21?,22-/m0/s1. The first-order valence-electron chi connectivity index (χ1n) is 10.4. The summed E-state index contributed by atoms with van der Waals surface area (Å²) in [7, 11) is 0. The second-order valence-electron chi connectivity index (χ2n) is 9.27. The van der Waals surface area contributed by atoms with E-state index in [4.69, 9.17) is 4.99 Å². The molecule has 0 saturated carbocycles. The lowest BCUT2D eigenvalue weighted by atomic mass is 9.66. The molecule has 5 nitrogen and oxygen atoms in total. The number of ketones is 1. The van der Waals surface area contributed by atoms with Crippen LogP contribution in [0.2, 0.25) is 0 Å². The average Bonchev–Trinajstić information content (AvgIpc) is 2.65. The normalized spacial score (nSPS) is 22.6. The largest absolute Gasteiger partial charge is 0.310 e. The van der Waals surface area contributed by atoms with Crippen LogP contribution in [0.3, 0.4) is 0 Å². The second-order valence-corrected chi connectivity index (χ2v) is 10.2. The van der Waals surface area contributed by atoms with Crippen LogP contribution in [0.1, 0.15) is 50.7 Å². The molecule has 2 heterocycles. The van der Waals surface area contributed by atoms with Gasteiger partial charge in [-0.3, -0.25) is 14.6 Å². The van der Waals surface area contributed by atoms with Crippen molar-refractivity contribution in [3.8, 4) is 0 Å². The number of carbonyl (C=O) groups excluding carboxylic acids is 2. The number of anilines is 1. The van der Waals surface area contributed by atoms with E-state index >= 15 is 0 Å². The molecule has 31 heavy (non-hydrogen) atoms. The fourth-order valence-corrected chi connectivity index (χ4v) is 5.07. The van der Waals surface area contributed by atoms with E-state index in [1.165, 1.54) is 0 Å². The number of rotatable bonds is 3. The molecule has 1 aliphatic heterocycles. The number of pyridine rings is 1. The SMILES string of the molecule is CC1=NC2=C(C(=O)CC(C)(C)C2)[C@@H](c2cccc(Br)c2)C1C(=O)Nc1cc(C)ccn1. The van der Waals surface area contributed by atoms with Crippen molar-refractivity contribution in [1.29, 1.82) is 0 Å². The number of Topliss-reactive ketones (excluding diaryl/α,β-unsaturated/α-hetero) is 1. The predicted octanol–water partition coefficient (Wildman–Crippen LogP) is 5.61. The van der Waals surface area contributed by atoms with Gasteiger partial charge in [0.2, 0.25) is 5.91 Å². The van der Waals surface area contributed by atoms with E-state index in [1.54, 1.807) is 6.20 Å². The molecule has 0 fully saturated rings. The van der Waals surface area contributed by atoms with Crippen molar-refractivity contribution in [2.24, 2.45) is 16.3 Å². The third kappa shape index (κ3) is 4.40. The lowest BCUT2D eigenvalue weighted by Crippen LogP contribution is -2.41. The summed E-state index contributed by atoms with van der Waals surface area (Å²) in [4.78, 5) is 35.9. The summed E-state index contributed by atoms with van der Waals surface area (Å²) in [5.41, 5.74) is 4.03.